The van der Waals surface area contributed by atoms with Gasteiger partial charge in [-0.3, -0.25) is 4.79 Å². The molecule has 1 heterocycles. The minimum atomic E-state index is -0.368. The summed E-state index contributed by atoms with van der Waals surface area (Å²) >= 11 is 0. The first-order valence-corrected chi connectivity index (χ1v) is 6.29. The maximum atomic E-state index is 11.3. The van der Waals surface area contributed by atoms with Crippen molar-refractivity contribution >= 4 is 29.2 Å². The highest BCUT2D eigenvalue weighted by atomic mass is 35.5. The average molecular weight is 280 g/mol. The van der Waals surface area contributed by atoms with Gasteiger partial charge in [-0.15, -0.1) is 12.4 Å². The van der Waals surface area contributed by atoms with Crippen LogP contribution in [-0.4, -0.2) is 24.0 Å². The van der Waals surface area contributed by atoms with Gasteiger partial charge in [-0.1, -0.05) is 0 Å². The molecule has 0 spiro atoms. The molecule has 19 heavy (non-hydrogen) atoms. The maximum absolute atomic E-state index is 11.3. The van der Waals surface area contributed by atoms with E-state index in [1.54, 1.807) is 6.07 Å². The molecule has 1 aromatic heterocycles. The van der Waals surface area contributed by atoms with Crippen LogP contribution >= 0.6 is 12.4 Å². The van der Waals surface area contributed by atoms with Gasteiger partial charge in [0.1, 0.15) is 0 Å². The second kappa shape index (κ2) is 5.23. The third-order valence-electron chi connectivity index (χ3n) is 3.88. The Kier molecular flexibility index (Phi) is 3.83. The highest BCUT2D eigenvalue weighted by Gasteiger charge is 2.21. The summed E-state index contributed by atoms with van der Waals surface area (Å²) in [4.78, 5) is 14.7. The molecule has 0 aliphatic heterocycles. The lowest BCUT2D eigenvalue weighted by Gasteiger charge is -2.21. The highest BCUT2D eigenvalue weighted by molar-refractivity contribution is 5.98. The summed E-state index contributed by atoms with van der Waals surface area (Å²) in [5, 5.41) is 4.47. The van der Waals surface area contributed by atoms with E-state index in [2.05, 4.69) is 10.3 Å². The van der Waals surface area contributed by atoms with Gasteiger partial charge in [0.2, 0.25) is 5.91 Å². The summed E-state index contributed by atoms with van der Waals surface area (Å²) in [7, 11) is 2.00. The van der Waals surface area contributed by atoms with Gasteiger partial charge in [-0.2, -0.15) is 0 Å². The normalized spacial score (nSPS) is 17.8. The number of aromatic amines is 1. The Hall–Kier alpha value is -1.52. The van der Waals surface area contributed by atoms with Crippen LogP contribution in [0.3, 0.4) is 0 Å². The minimum absolute atomic E-state index is 0. The van der Waals surface area contributed by atoms with E-state index in [1.807, 2.05) is 19.2 Å². The summed E-state index contributed by atoms with van der Waals surface area (Å²) in [6.07, 6.45) is 3.22. The number of nitrogens with one attached hydrogen (secondary N) is 2. The first kappa shape index (κ1) is 13.9. The second-order valence-corrected chi connectivity index (χ2v) is 4.94. The molecule has 1 atom stereocenters. The van der Waals surface area contributed by atoms with Crippen molar-refractivity contribution < 1.29 is 4.79 Å². The zero-order valence-electron chi connectivity index (χ0n) is 10.8. The van der Waals surface area contributed by atoms with Gasteiger partial charge in [-0.05, 0) is 50.1 Å². The predicted molar refractivity (Wildman–Crippen MR) is 78.9 cm³/mol. The Morgan fingerprint density at radius 1 is 1.47 bits per heavy atom. The Balaban J connectivity index is 0.00000133. The molecule has 0 bridgehead atoms. The first-order chi connectivity index (χ1) is 8.69. The van der Waals surface area contributed by atoms with Crippen molar-refractivity contribution in [2.45, 2.75) is 25.3 Å². The van der Waals surface area contributed by atoms with Crippen molar-refractivity contribution in [2.24, 2.45) is 5.73 Å². The number of nitrogens with two attached hydrogens (primary N) is 1. The molecule has 1 aliphatic rings. The van der Waals surface area contributed by atoms with Gasteiger partial charge in [0.15, 0.2) is 0 Å². The zero-order valence-corrected chi connectivity index (χ0v) is 11.6. The van der Waals surface area contributed by atoms with E-state index in [4.69, 9.17) is 5.73 Å². The lowest BCUT2D eigenvalue weighted by molar-refractivity contribution is 0.100. The molecule has 1 aliphatic carbocycles. The number of hydrogen-bond acceptors (Lipinski definition) is 2. The lowest BCUT2D eigenvalue weighted by Crippen LogP contribution is -2.31. The van der Waals surface area contributed by atoms with Crippen molar-refractivity contribution in [3.05, 3.63) is 35.0 Å². The van der Waals surface area contributed by atoms with Gasteiger partial charge < -0.3 is 16.0 Å². The van der Waals surface area contributed by atoms with Crippen molar-refractivity contribution in [1.82, 2.24) is 10.3 Å². The van der Waals surface area contributed by atoms with Crippen LogP contribution in [0.1, 0.15) is 28.0 Å². The number of carbonyl (C=O) groups excluding carboxylic acids is 1. The van der Waals surface area contributed by atoms with Crippen molar-refractivity contribution in [2.75, 3.05) is 7.05 Å². The van der Waals surface area contributed by atoms with Gasteiger partial charge in [0.05, 0.1) is 0 Å². The van der Waals surface area contributed by atoms with Gasteiger partial charge in [0.25, 0.3) is 0 Å². The fraction of sp³-hybridized carbons (Fsp3) is 0.357. The van der Waals surface area contributed by atoms with Crippen LogP contribution in [0.2, 0.25) is 0 Å². The molecular weight excluding hydrogens is 262 g/mol. The Morgan fingerprint density at radius 2 is 2.26 bits per heavy atom. The number of halogens is 1. The Morgan fingerprint density at radius 3 is 2.95 bits per heavy atom. The fourth-order valence-corrected chi connectivity index (χ4v) is 2.82. The molecule has 0 saturated heterocycles. The SMILES string of the molecule is CNC1CCc2[nH]c3ccc(C(N)=O)cc3c2C1.Cl. The largest absolute Gasteiger partial charge is 0.366 e. The molecule has 1 amide bonds. The van der Waals surface area contributed by atoms with Crippen LogP contribution in [-0.2, 0) is 12.8 Å². The summed E-state index contributed by atoms with van der Waals surface area (Å²) in [6, 6.07) is 6.16. The van der Waals surface area contributed by atoms with Crippen LogP contribution < -0.4 is 11.1 Å². The Labute approximate surface area is 118 Å². The Bertz CT molecular complexity index is 620. The summed E-state index contributed by atoms with van der Waals surface area (Å²) < 4.78 is 0. The van der Waals surface area contributed by atoms with Gasteiger partial charge in [-0.25, -0.2) is 0 Å². The molecule has 5 heteroatoms. The quantitative estimate of drug-likeness (QED) is 0.784. The number of amides is 1. The molecule has 3 rings (SSSR count). The van der Waals surface area contributed by atoms with Crippen LogP contribution in [0.15, 0.2) is 18.2 Å². The molecule has 2 aromatic rings. The number of hydrogen-bond donors (Lipinski definition) is 3. The molecule has 0 radical (unpaired) electrons. The van der Waals surface area contributed by atoms with E-state index in [0.717, 1.165) is 30.2 Å². The molecule has 0 saturated carbocycles. The van der Waals surface area contributed by atoms with Crippen LogP contribution in [0.25, 0.3) is 10.9 Å². The molecule has 4 nitrogen and oxygen atoms in total. The number of primary amides is 1. The van der Waals surface area contributed by atoms with Crippen molar-refractivity contribution in [1.29, 1.82) is 0 Å². The highest BCUT2D eigenvalue weighted by Crippen LogP contribution is 2.29. The number of fused-ring (bicyclic) bond motifs is 3. The van der Waals surface area contributed by atoms with Gasteiger partial charge >= 0.3 is 0 Å². The second-order valence-electron chi connectivity index (χ2n) is 4.94. The molecule has 4 N–H and O–H groups in total. The standard InChI is InChI=1S/C14H17N3O.ClH/c1-16-9-3-5-13-11(7-9)10-6-8(14(15)18)2-4-12(10)17-13;/h2,4,6,9,16-17H,3,5,7H2,1H3,(H2,15,18);1H. The molecule has 102 valence electrons. The number of H-pyrrole nitrogens is 1. The monoisotopic (exact) mass is 279 g/mol. The number of benzene rings is 1. The number of rotatable bonds is 2. The number of carbonyl (C=O) groups is 1. The first-order valence-electron chi connectivity index (χ1n) is 6.29. The third kappa shape index (κ3) is 2.33. The van der Waals surface area contributed by atoms with Crippen molar-refractivity contribution in [3.8, 4) is 0 Å². The number of aryl methyl sites for hydroxylation is 1. The smallest absolute Gasteiger partial charge is 0.248 e. The average Bonchev–Trinajstić information content (AvgIpc) is 2.75. The van der Waals surface area contributed by atoms with Crippen molar-refractivity contribution in [3.63, 3.8) is 0 Å². The van der Waals surface area contributed by atoms with Crippen LogP contribution in [0, 0.1) is 0 Å². The van der Waals surface area contributed by atoms with E-state index < -0.39 is 0 Å². The minimum Gasteiger partial charge on any atom is -0.366 e. The summed E-state index contributed by atoms with van der Waals surface area (Å²) in [5.41, 5.74) is 9.66. The molecule has 1 aromatic carbocycles. The molecule has 1 unspecified atom stereocenters. The molecular formula is C14H18ClN3O. The lowest BCUT2D eigenvalue weighted by atomic mass is 9.91. The number of aromatic nitrogens is 1. The van der Waals surface area contributed by atoms with E-state index in [9.17, 15) is 4.79 Å². The van der Waals surface area contributed by atoms with Gasteiger partial charge in [0, 0.05) is 28.2 Å². The van der Waals surface area contributed by atoms with E-state index in [-0.39, 0.29) is 18.3 Å². The fourth-order valence-electron chi connectivity index (χ4n) is 2.82. The topological polar surface area (TPSA) is 70.9 Å². The van der Waals surface area contributed by atoms with Crippen LogP contribution in [0.5, 0.6) is 0 Å². The van der Waals surface area contributed by atoms with Crippen LogP contribution in [0.4, 0.5) is 0 Å². The van der Waals surface area contributed by atoms with E-state index in [0.29, 0.717) is 11.6 Å². The third-order valence-corrected chi connectivity index (χ3v) is 3.88. The zero-order chi connectivity index (χ0) is 12.7. The number of likely N-dealkylation sites (N-methyl/N-ethyl adjacent to an activating group) is 1. The van der Waals surface area contributed by atoms with E-state index in [1.165, 1.54) is 11.3 Å². The van der Waals surface area contributed by atoms with E-state index >= 15 is 0 Å². The predicted octanol–water partition coefficient (Wildman–Crippen LogP) is 1.77. The summed E-state index contributed by atoms with van der Waals surface area (Å²) in [6.45, 7) is 0. The summed E-state index contributed by atoms with van der Waals surface area (Å²) in [5.74, 6) is -0.368. The molecule has 0 fully saturated rings. The maximum Gasteiger partial charge on any atom is 0.248 e.